The second kappa shape index (κ2) is 7.14. The lowest BCUT2D eigenvalue weighted by Gasteiger charge is -2.27. The number of benzene rings is 1. The summed E-state index contributed by atoms with van der Waals surface area (Å²) in [5.41, 5.74) is 0.763. The first-order chi connectivity index (χ1) is 9.72. The van der Waals surface area contributed by atoms with Crippen LogP contribution in [0, 0.1) is 0 Å². The van der Waals surface area contributed by atoms with Crippen molar-refractivity contribution in [1.29, 1.82) is 0 Å². The fourth-order valence-electron chi connectivity index (χ4n) is 2.36. The molecule has 1 aliphatic heterocycles. The molecule has 1 aliphatic rings. The zero-order chi connectivity index (χ0) is 14.4. The molecule has 1 aromatic carbocycles. The van der Waals surface area contributed by atoms with E-state index >= 15 is 0 Å². The van der Waals surface area contributed by atoms with Crippen LogP contribution in [0.3, 0.4) is 0 Å². The van der Waals surface area contributed by atoms with E-state index in [0.29, 0.717) is 25.2 Å². The summed E-state index contributed by atoms with van der Waals surface area (Å²) in [6.07, 6.45) is 0.957. The van der Waals surface area contributed by atoms with Crippen LogP contribution in [0.5, 0.6) is 11.5 Å². The number of amides is 1. The van der Waals surface area contributed by atoms with Gasteiger partial charge in [-0.2, -0.15) is 0 Å². The highest BCUT2D eigenvalue weighted by molar-refractivity contribution is 5.76. The molecule has 5 heteroatoms. The number of hydrogen-bond acceptors (Lipinski definition) is 4. The lowest BCUT2D eigenvalue weighted by molar-refractivity contribution is -0.131. The van der Waals surface area contributed by atoms with Crippen molar-refractivity contribution in [2.75, 3.05) is 32.8 Å². The molecular formula is C15H22N2O3. The molecule has 0 unspecified atom stereocenters. The van der Waals surface area contributed by atoms with E-state index in [1.54, 1.807) is 6.07 Å². The van der Waals surface area contributed by atoms with E-state index in [0.717, 1.165) is 31.7 Å². The Kier molecular flexibility index (Phi) is 5.24. The van der Waals surface area contributed by atoms with Crippen molar-refractivity contribution in [2.24, 2.45) is 0 Å². The molecular weight excluding hydrogens is 256 g/mol. The summed E-state index contributed by atoms with van der Waals surface area (Å²) < 4.78 is 5.35. The zero-order valence-electron chi connectivity index (χ0n) is 11.9. The third kappa shape index (κ3) is 3.63. The molecule has 0 aromatic heterocycles. The molecule has 2 N–H and O–H groups in total. The van der Waals surface area contributed by atoms with E-state index in [-0.39, 0.29) is 11.7 Å². The maximum absolute atomic E-state index is 12.1. The van der Waals surface area contributed by atoms with Crippen molar-refractivity contribution in [3.05, 3.63) is 23.8 Å². The Bertz CT molecular complexity index is 456. The molecule has 0 spiro atoms. The second-order valence-corrected chi connectivity index (χ2v) is 4.83. The van der Waals surface area contributed by atoms with Crippen molar-refractivity contribution in [3.8, 4) is 11.5 Å². The van der Waals surface area contributed by atoms with Crippen molar-refractivity contribution in [2.45, 2.75) is 19.8 Å². The summed E-state index contributed by atoms with van der Waals surface area (Å²) in [6.45, 7) is 5.64. The number of ether oxygens (including phenoxy) is 1. The molecule has 20 heavy (non-hydrogen) atoms. The highest BCUT2D eigenvalue weighted by Gasteiger charge is 2.17. The van der Waals surface area contributed by atoms with Crippen LogP contribution in [0.25, 0.3) is 0 Å². The monoisotopic (exact) mass is 278 g/mol. The minimum absolute atomic E-state index is 0.146. The van der Waals surface area contributed by atoms with E-state index in [9.17, 15) is 9.90 Å². The van der Waals surface area contributed by atoms with E-state index in [1.165, 1.54) is 0 Å². The number of phenolic OH excluding ortho intramolecular Hbond substituents is 1. The highest BCUT2D eigenvalue weighted by atomic mass is 16.5. The van der Waals surface area contributed by atoms with E-state index in [2.05, 4.69) is 5.32 Å². The average Bonchev–Trinajstić information content (AvgIpc) is 2.49. The Balaban J connectivity index is 1.93. The van der Waals surface area contributed by atoms with Crippen LogP contribution in [0.4, 0.5) is 0 Å². The van der Waals surface area contributed by atoms with Crippen LogP contribution >= 0.6 is 0 Å². The Hall–Kier alpha value is -1.75. The van der Waals surface area contributed by atoms with Crippen LogP contribution in [0.2, 0.25) is 0 Å². The Morgan fingerprint density at radius 2 is 2.15 bits per heavy atom. The van der Waals surface area contributed by atoms with Crippen molar-refractivity contribution >= 4 is 5.91 Å². The Morgan fingerprint density at radius 1 is 1.40 bits per heavy atom. The van der Waals surface area contributed by atoms with Crippen LogP contribution in [0.1, 0.15) is 18.9 Å². The van der Waals surface area contributed by atoms with Crippen molar-refractivity contribution in [1.82, 2.24) is 10.2 Å². The maximum Gasteiger partial charge on any atom is 0.222 e. The highest BCUT2D eigenvalue weighted by Crippen LogP contribution is 2.30. The van der Waals surface area contributed by atoms with Crippen LogP contribution in [0.15, 0.2) is 18.2 Å². The van der Waals surface area contributed by atoms with Gasteiger partial charge in [0.15, 0.2) is 11.5 Å². The standard InChI is InChI=1S/C15H22N2O3/c1-2-20-13-5-3-4-12(15(13)19)6-7-14(18)17-10-8-16-9-11-17/h3-5,16,19H,2,6-11H2,1H3. The number of para-hydroxylation sites is 1. The Morgan fingerprint density at radius 3 is 2.85 bits per heavy atom. The van der Waals surface area contributed by atoms with Gasteiger partial charge in [0.2, 0.25) is 5.91 Å². The number of nitrogens with one attached hydrogen (secondary N) is 1. The normalized spacial score (nSPS) is 15.2. The summed E-state index contributed by atoms with van der Waals surface area (Å²) in [7, 11) is 0. The molecule has 0 atom stereocenters. The van der Waals surface area contributed by atoms with Crippen molar-refractivity contribution in [3.63, 3.8) is 0 Å². The Labute approximate surface area is 119 Å². The molecule has 0 bridgehead atoms. The number of carbonyl (C=O) groups excluding carboxylic acids is 1. The fourth-order valence-corrected chi connectivity index (χ4v) is 2.36. The lowest BCUT2D eigenvalue weighted by Crippen LogP contribution is -2.46. The van der Waals surface area contributed by atoms with Crippen LogP contribution in [-0.2, 0) is 11.2 Å². The molecule has 2 rings (SSSR count). The molecule has 1 fully saturated rings. The molecule has 0 saturated carbocycles. The van der Waals surface area contributed by atoms with Gasteiger partial charge in [-0.25, -0.2) is 0 Å². The predicted octanol–water partition coefficient (Wildman–Crippen LogP) is 1.16. The van der Waals surface area contributed by atoms with E-state index in [4.69, 9.17) is 4.74 Å². The molecule has 1 aromatic rings. The van der Waals surface area contributed by atoms with Gasteiger partial charge in [0, 0.05) is 32.6 Å². The molecule has 1 amide bonds. The fraction of sp³-hybridized carbons (Fsp3) is 0.533. The first-order valence-corrected chi connectivity index (χ1v) is 7.14. The van der Waals surface area contributed by atoms with Gasteiger partial charge in [0.05, 0.1) is 6.61 Å². The van der Waals surface area contributed by atoms with E-state index in [1.807, 2.05) is 24.0 Å². The number of aryl methyl sites for hydroxylation is 1. The van der Waals surface area contributed by atoms with Crippen molar-refractivity contribution < 1.29 is 14.6 Å². The van der Waals surface area contributed by atoms with Gasteiger partial charge in [-0.15, -0.1) is 0 Å². The maximum atomic E-state index is 12.1. The number of piperazine rings is 1. The molecule has 110 valence electrons. The van der Waals surface area contributed by atoms with Crippen LogP contribution < -0.4 is 10.1 Å². The number of rotatable bonds is 5. The average molecular weight is 278 g/mol. The molecule has 5 nitrogen and oxygen atoms in total. The summed E-state index contributed by atoms with van der Waals surface area (Å²) in [5, 5.41) is 13.3. The molecule has 1 saturated heterocycles. The largest absolute Gasteiger partial charge is 0.504 e. The number of phenols is 1. The summed E-state index contributed by atoms with van der Waals surface area (Å²) in [5.74, 6) is 0.787. The first-order valence-electron chi connectivity index (χ1n) is 7.14. The number of aromatic hydroxyl groups is 1. The first kappa shape index (κ1) is 14.7. The predicted molar refractivity (Wildman–Crippen MR) is 77.0 cm³/mol. The van der Waals surface area contributed by atoms with E-state index < -0.39 is 0 Å². The minimum atomic E-state index is 0.146. The number of hydrogen-bond donors (Lipinski definition) is 2. The smallest absolute Gasteiger partial charge is 0.222 e. The topological polar surface area (TPSA) is 61.8 Å². The van der Waals surface area contributed by atoms with Gasteiger partial charge in [0.1, 0.15) is 0 Å². The minimum Gasteiger partial charge on any atom is -0.504 e. The summed E-state index contributed by atoms with van der Waals surface area (Å²) in [6, 6.07) is 5.42. The summed E-state index contributed by atoms with van der Waals surface area (Å²) >= 11 is 0. The zero-order valence-corrected chi connectivity index (χ0v) is 11.9. The summed E-state index contributed by atoms with van der Waals surface area (Å²) in [4.78, 5) is 14.0. The third-order valence-electron chi connectivity index (χ3n) is 3.46. The second-order valence-electron chi connectivity index (χ2n) is 4.83. The van der Waals surface area contributed by atoms with Gasteiger partial charge in [-0.1, -0.05) is 12.1 Å². The third-order valence-corrected chi connectivity index (χ3v) is 3.46. The van der Waals surface area contributed by atoms with Gasteiger partial charge < -0.3 is 20.1 Å². The lowest BCUT2D eigenvalue weighted by atomic mass is 10.1. The van der Waals surface area contributed by atoms with Gasteiger partial charge in [0.25, 0.3) is 0 Å². The van der Waals surface area contributed by atoms with Gasteiger partial charge >= 0.3 is 0 Å². The quantitative estimate of drug-likeness (QED) is 0.848. The molecule has 1 heterocycles. The number of nitrogens with zero attached hydrogens (tertiary/aromatic N) is 1. The van der Waals surface area contributed by atoms with Gasteiger partial charge in [-0.3, -0.25) is 4.79 Å². The SMILES string of the molecule is CCOc1cccc(CCC(=O)N2CCNCC2)c1O. The number of carbonyl (C=O) groups is 1. The molecule has 0 aliphatic carbocycles. The van der Waals surface area contributed by atoms with Gasteiger partial charge in [-0.05, 0) is 25.0 Å². The molecule has 0 radical (unpaired) electrons. The van der Waals surface area contributed by atoms with Crippen LogP contribution in [-0.4, -0.2) is 48.7 Å².